The van der Waals surface area contributed by atoms with Gasteiger partial charge in [0.2, 0.25) is 11.8 Å². The second-order valence-electron chi connectivity index (χ2n) is 12.7. The molecule has 6 atom stereocenters. The molecule has 0 aromatic rings. The van der Waals surface area contributed by atoms with Crippen molar-refractivity contribution < 1.29 is 28.6 Å². The van der Waals surface area contributed by atoms with Crippen molar-refractivity contribution in [2.45, 2.75) is 135 Å². The van der Waals surface area contributed by atoms with E-state index in [0.717, 1.165) is 70.6 Å². The fraction of sp³-hybridized carbons (Fsp3) is 0.897. The van der Waals surface area contributed by atoms with Gasteiger partial charge in [0.25, 0.3) is 0 Å². The number of hydrogen-bond donors (Lipinski definition) is 1. The number of nitrogens with zero attached hydrogens (tertiary/aromatic N) is 1. The Morgan fingerprint density at radius 1 is 0.919 bits per heavy atom. The third-order valence-electron chi connectivity index (χ3n) is 8.99. The summed E-state index contributed by atoms with van der Waals surface area (Å²) in [5.74, 6) is -0.350. The van der Waals surface area contributed by atoms with Crippen molar-refractivity contribution >= 4 is 17.8 Å². The molecule has 4 rings (SSSR count). The van der Waals surface area contributed by atoms with Gasteiger partial charge in [-0.15, -0.1) is 0 Å². The van der Waals surface area contributed by atoms with Gasteiger partial charge in [0, 0.05) is 12.6 Å². The zero-order chi connectivity index (χ0) is 26.6. The lowest BCUT2D eigenvalue weighted by molar-refractivity contribution is -0.203. The molecule has 3 unspecified atom stereocenters. The highest BCUT2D eigenvalue weighted by molar-refractivity contribution is 5.93. The third-order valence-corrected chi connectivity index (χ3v) is 8.99. The van der Waals surface area contributed by atoms with Gasteiger partial charge in [-0.2, -0.15) is 0 Å². The summed E-state index contributed by atoms with van der Waals surface area (Å²) in [5, 5.41) is 3.13. The van der Waals surface area contributed by atoms with E-state index in [1.807, 2.05) is 20.8 Å². The Balaban J connectivity index is 1.56. The van der Waals surface area contributed by atoms with Crippen LogP contribution < -0.4 is 5.32 Å². The molecule has 2 heterocycles. The molecule has 2 aliphatic heterocycles. The van der Waals surface area contributed by atoms with E-state index < -0.39 is 23.6 Å². The van der Waals surface area contributed by atoms with Crippen LogP contribution in [0.5, 0.6) is 0 Å². The zero-order valence-corrected chi connectivity index (χ0v) is 23.3. The Labute approximate surface area is 222 Å². The van der Waals surface area contributed by atoms with Crippen molar-refractivity contribution in [1.29, 1.82) is 0 Å². The minimum atomic E-state index is -0.769. The largest absolute Gasteiger partial charge is 0.467 e. The van der Waals surface area contributed by atoms with Crippen molar-refractivity contribution in [3.05, 3.63) is 0 Å². The van der Waals surface area contributed by atoms with Crippen LogP contribution >= 0.6 is 0 Å². The molecule has 4 fully saturated rings. The molecule has 0 spiro atoms. The van der Waals surface area contributed by atoms with Crippen molar-refractivity contribution in [2.75, 3.05) is 13.7 Å². The van der Waals surface area contributed by atoms with Crippen molar-refractivity contribution in [3.63, 3.8) is 0 Å². The van der Waals surface area contributed by atoms with E-state index in [-0.39, 0.29) is 36.0 Å². The number of hydrogen-bond acceptors (Lipinski definition) is 6. The number of carbonyl (C=O) groups is 3. The Morgan fingerprint density at radius 3 is 2.24 bits per heavy atom. The maximum atomic E-state index is 14.2. The highest BCUT2D eigenvalue weighted by Gasteiger charge is 2.51. The maximum absolute atomic E-state index is 14.2. The van der Waals surface area contributed by atoms with Gasteiger partial charge < -0.3 is 24.4 Å². The number of ether oxygens (including phenoxy) is 3. The normalized spacial score (nSPS) is 30.8. The predicted molar refractivity (Wildman–Crippen MR) is 139 cm³/mol. The molecule has 0 bridgehead atoms. The number of likely N-dealkylation sites (tertiary alicyclic amines) is 1. The number of rotatable bonds is 7. The number of amides is 2. The fourth-order valence-electron chi connectivity index (χ4n) is 6.95. The first-order chi connectivity index (χ1) is 17.7. The van der Waals surface area contributed by atoms with Gasteiger partial charge in [0.05, 0.1) is 7.11 Å². The summed E-state index contributed by atoms with van der Waals surface area (Å²) in [5.41, 5.74) is -0.543. The lowest BCUT2D eigenvalue weighted by Gasteiger charge is -2.40. The van der Waals surface area contributed by atoms with E-state index in [9.17, 15) is 14.4 Å². The lowest BCUT2D eigenvalue weighted by Crippen LogP contribution is -2.60. The van der Waals surface area contributed by atoms with Gasteiger partial charge in [-0.3, -0.25) is 9.59 Å². The Hall–Kier alpha value is -1.67. The van der Waals surface area contributed by atoms with E-state index in [2.05, 4.69) is 5.32 Å². The summed E-state index contributed by atoms with van der Waals surface area (Å²) < 4.78 is 17.3. The van der Waals surface area contributed by atoms with Gasteiger partial charge >= 0.3 is 5.97 Å². The van der Waals surface area contributed by atoms with Gasteiger partial charge in [-0.25, -0.2) is 4.79 Å². The van der Waals surface area contributed by atoms with Gasteiger partial charge in [-0.1, -0.05) is 52.9 Å². The molecule has 2 saturated heterocycles. The lowest BCUT2D eigenvalue weighted by atomic mass is 9.82. The molecule has 8 nitrogen and oxygen atoms in total. The number of nitrogens with one attached hydrogen (secondary N) is 1. The molecule has 2 amide bonds. The maximum Gasteiger partial charge on any atom is 0.328 e. The summed E-state index contributed by atoms with van der Waals surface area (Å²) in [7, 11) is 1.38. The summed E-state index contributed by atoms with van der Waals surface area (Å²) >= 11 is 0. The average Bonchev–Trinajstić information content (AvgIpc) is 3.29. The first-order valence-corrected chi connectivity index (χ1v) is 14.7. The monoisotopic (exact) mass is 520 g/mol. The van der Waals surface area contributed by atoms with Crippen LogP contribution in [-0.4, -0.2) is 66.9 Å². The van der Waals surface area contributed by atoms with Crippen molar-refractivity contribution in [3.8, 4) is 0 Å². The molecule has 1 N–H and O–H groups in total. The second kappa shape index (κ2) is 12.5. The van der Waals surface area contributed by atoms with Gasteiger partial charge in [-0.05, 0) is 68.6 Å². The number of methoxy groups -OCH3 is 1. The van der Waals surface area contributed by atoms with Crippen LogP contribution in [0.1, 0.15) is 104 Å². The van der Waals surface area contributed by atoms with Crippen LogP contribution in [0.4, 0.5) is 0 Å². The molecule has 4 aliphatic rings. The summed E-state index contributed by atoms with van der Waals surface area (Å²) in [4.78, 5) is 42.7. The van der Waals surface area contributed by atoms with Crippen LogP contribution in [-0.2, 0) is 28.6 Å². The SMILES string of the molecule is COC(=O)[C@@H]1CC2CCCCC2N1C(=O)[C@@H](NC(=O)[C@@H](OC1CCCCO1)C1CCCCC1)C(C)(C)C. The van der Waals surface area contributed by atoms with Gasteiger partial charge in [0.15, 0.2) is 6.29 Å². The van der Waals surface area contributed by atoms with E-state index >= 15 is 0 Å². The van der Waals surface area contributed by atoms with Crippen LogP contribution in [0, 0.1) is 17.3 Å². The minimum Gasteiger partial charge on any atom is -0.467 e. The molecule has 210 valence electrons. The molecule has 37 heavy (non-hydrogen) atoms. The van der Waals surface area contributed by atoms with Crippen LogP contribution in [0.2, 0.25) is 0 Å². The van der Waals surface area contributed by atoms with E-state index in [0.29, 0.717) is 18.9 Å². The summed E-state index contributed by atoms with van der Waals surface area (Å²) in [6.07, 6.45) is 11.8. The molecule has 0 radical (unpaired) electrons. The smallest absolute Gasteiger partial charge is 0.328 e. The minimum absolute atomic E-state index is 0.0214. The standard InChI is InChI=1S/C29H48N2O6/c1-29(2,3)25(27(33)31-21-15-9-8-14-20(21)18-22(31)28(34)35-4)30-26(32)24(19-12-6-5-7-13-19)37-23-16-10-11-17-36-23/h19-25H,5-18H2,1-4H3,(H,30,32)/t20?,21?,22-,23?,24-,25+/m0/s1. The number of fused-ring (bicyclic) bond motifs is 1. The molecular weight excluding hydrogens is 472 g/mol. The molecular formula is C29H48N2O6. The Morgan fingerprint density at radius 2 is 1.59 bits per heavy atom. The third kappa shape index (κ3) is 6.67. The molecule has 0 aromatic carbocycles. The Kier molecular flexibility index (Phi) is 9.54. The van der Waals surface area contributed by atoms with Crippen LogP contribution in [0.15, 0.2) is 0 Å². The molecule has 2 aliphatic carbocycles. The first kappa shape index (κ1) is 28.3. The Bertz CT molecular complexity index is 799. The van der Waals surface area contributed by atoms with Crippen LogP contribution in [0.3, 0.4) is 0 Å². The second-order valence-corrected chi connectivity index (χ2v) is 12.7. The van der Waals surface area contributed by atoms with Crippen molar-refractivity contribution in [1.82, 2.24) is 10.2 Å². The van der Waals surface area contributed by atoms with Crippen LogP contribution in [0.25, 0.3) is 0 Å². The quantitative estimate of drug-likeness (QED) is 0.502. The highest BCUT2D eigenvalue weighted by atomic mass is 16.7. The number of carbonyl (C=O) groups excluding carboxylic acids is 3. The summed E-state index contributed by atoms with van der Waals surface area (Å²) in [6, 6.07) is -1.34. The molecule has 0 aromatic heterocycles. The number of esters is 1. The summed E-state index contributed by atoms with van der Waals surface area (Å²) in [6.45, 7) is 6.56. The van der Waals surface area contributed by atoms with E-state index in [1.54, 1.807) is 4.90 Å². The average molecular weight is 521 g/mol. The molecule has 8 heteroatoms. The zero-order valence-electron chi connectivity index (χ0n) is 23.3. The fourth-order valence-corrected chi connectivity index (χ4v) is 6.95. The van der Waals surface area contributed by atoms with Gasteiger partial charge in [0.1, 0.15) is 18.2 Å². The highest BCUT2D eigenvalue weighted by Crippen LogP contribution is 2.41. The van der Waals surface area contributed by atoms with E-state index in [1.165, 1.54) is 13.5 Å². The predicted octanol–water partition coefficient (Wildman–Crippen LogP) is 4.34. The molecule has 2 saturated carbocycles. The first-order valence-electron chi connectivity index (χ1n) is 14.7. The van der Waals surface area contributed by atoms with Crippen molar-refractivity contribution in [2.24, 2.45) is 17.3 Å². The van der Waals surface area contributed by atoms with E-state index in [4.69, 9.17) is 14.2 Å². The topological polar surface area (TPSA) is 94.2 Å².